The molecular formula is C21H25N5O. The third-order valence-corrected chi connectivity index (χ3v) is 5.31. The molecule has 3 aromatic rings. The number of rotatable bonds is 4. The van der Waals surface area contributed by atoms with E-state index in [0.29, 0.717) is 5.56 Å². The van der Waals surface area contributed by atoms with Crippen LogP contribution in [0.2, 0.25) is 0 Å². The molecule has 0 fully saturated rings. The number of hydrogen-bond donors (Lipinski definition) is 1. The van der Waals surface area contributed by atoms with Crippen molar-refractivity contribution in [2.45, 2.75) is 53.1 Å². The number of aryl methyl sites for hydroxylation is 3. The molecule has 1 aliphatic rings. The zero-order chi connectivity index (χ0) is 19.1. The van der Waals surface area contributed by atoms with Gasteiger partial charge in [-0.05, 0) is 57.9 Å². The molecule has 27 heavy (non-hydrogen) atoms. The van der Waals surface area contributed by atoms with Crippen molar-refractivity contribution in [1.82, 2.24) is 24.6 Å². The zero-order valence-electron chi connectivity index (χ0n) is 16.3. The average Bonchev–Trinajstić information content (AvgIpc) is 3.29. The minimum absolute atomic E-state index is 0.0788. The van der Waals surface area contributed by atoms with Gasteiger partial charge in [0.2, 0.25) is 0 Å². The van der Waals surface area contributed by atoms with Crippen LogP contribution in [0.5, 0.6) is 0 Å². The van der Waals surface area contributed by atoms with Gasteiger partial charge in [0, 0.05) is 30.0 Å². The summed E-state index contributed by atoms with van der Waals surface area (Å²) in [7, 11) is 0. The number of nitrogens with zero attached hydrogens (tertiary/aromatic N) is 4. The monoisotopic (exact) mass is 363 g/mol. The van der Waals surface area contributed by atoms with Gasteiger partial charge in [0.15, 0.2) is 5.82 Å². The average molecular weight is 363 g/mol. The second-order valence-corrected chi connectivity index (χ2v) is 7.38. The molecule has 4 rings (SSSR count). The summed E-state index contributed by atoms with van der Waals surface area (Å²) in [6, 6.07) is 10.1. The van der Waals surface area contributed by atoms with Crippen LogP contribution in [0.3, 0.4) is 0 Å². The van der Waals surface area contributed by atoms with E-state index in [4.69, 9.17) is 0 Å². The predicted molar refractivity (Wildman–Crippen MR) is 104 cm³/mol. The SMILES string of the molecule is Cc1cccc(-n2c(C)cc(C(=O)NC(C)c3nnc4n3CCC4)c2C)c1. The first-order valence-corrected chi connectivity index (χ1v) is 9.44. The van der Waals surface area contributed by atoms with Crippen molar-refractivity contribution in [2.24, 2.45) is 0 Å². The number of amides is 1. The fraction of sp³-hybridized carbons (Fsp3) is 0.381. The Morgan fingerprint density at radius 2 is 2.00 bits per heavy atom. The molecule has 6 heteroatoms. The van der Waals surface area contributed by atoms with E-state index in [2.05, 4.69) is 49.8 Å². The lowest BCUT2D eigenvalue weighted by Gasteiger charge is -2.14. The van der Waals surface area contributed by atoms with Gasteiger partial charge in [-0.25, -0.2) is 0 Å². The lowest BCUT2D eigenvalue weighted by molar-refractivity contribution is 0.0937. The highest BCUT2D eigenvalue weighted by atomic mass is 16.1. The fourth-order valence-corrected chi connectivity index (χ4v) is 3.99. The fourth-order valence-electron chi connectivity index (χ4n) is 3.99. The molecule has 0 bridgehead atoms. The molecule has 140 valence electrons. The highest BCUT2D eigenvalue weighted by Crippen LogP contribution is 2.23. The van der Waals surface area contributed by atoms with Crippen LogP contribution in [0.1, 0.15) is 58.3 Å². The van der Waals surface area contributed by atoms with Crippen molar-refractivity contribution >= 4 is 5.91 Å². The highest BCUT2D eigenvalue weighted by Gasteiger charge is 2.24. The number of nitrogens with one attached hydrogen (secondary N) is 1. The third-order valence-electron chi connectivity index (χ3n) is 5.31. The number of carbonyl (C=O) groups is 1. The third kappa shape index (κ3) is 3.05. The number of aromatic nitrogens is 4. The minimum atomic E-state index is -0.182. The summed E-state index contributed by atoms with van der Waals surface area (Å²) in [6.45, 7) is 8.99. The maximum absolute atomic E-state index is 13.0. The summed E-state index contributed by atoms with van der Waals surface area (Å²) in [5, 5.41) is 11.6. The summed E-state index contributed by atoms with van der Waals surface area (Å²) in [5.74, 6) is 1.77. The minimum Gasteiger partial charge on any atom is -0.342 e. The first kappa shape index (κ1) is 17.5. The second kappa shape index (κ2) is 6.68. The molecule has 1 amide bonds. The summed E-state index contributed by atoms with van der Waals surface area (Å²) in [5.41, 5.74) is 4.95. The molecule has 2 aromatic heterocycles. The maximum atomic E-state index is 13.0. The predicted octanol–water partition coefficient (Wildman–Crippen LogP) is 3.43. The molecule has 1 N–H and O–H groups in total. The highest BCUT2D eigenvalue weighted by molar-refractivity contribution is 5.96. The number of benzene rings is 1. The Kier molecular flexibility index (Phi) is 4.34. The first-order chi connectivity index (χ1) is 13.0. The molecule has 1 aromatic carbocycles. The van der Waals surface area contributed by atoms with E-state index >= 15 is 0 Å². The van der Waals surface area contributed by atoms with E-state index in [1.807, 2.05) is 32.9 Å². The van der Waals surface area contributed by atoms with Gasteiger partial charge in [0.05, 0.1) is 11.6 Å². The standard InChI is InChI=1S/C21H25N5O/c1-13-7-5-8-17(11-13)26-14(2)12-18(16(26)4)21(27)22-15(3)20-24-23-19-9-6-10-25(19)20/h5,7-8,11-12,15H,6,9-10H2,1-4H3,(H,22,27). The van der Waals surface area contributed by atoms with Crippen molar-refractivity contribution in [2.75, 3.05) is 0 Å². The molecule has 1 unspecified atom stereocenters. The second-order valence-electron chi connectivity index (χ2n) is 7.38. The molecule has 0 saturated carbocycles. The van der Waals surface area contributed by atoms with Gasteiger partial charge in [-0.2, -0.15) is 0 Å². The number of fused-ring (bicyclic) bond motifs is 1. The molecule has 0 spiro atoms. The Morgan fingerprint density at radius 1 is 1.19 bits per heavy atom. The summed E-state index contributed by atoms with van der Waals surface area (Å²) < 4.78 is 4.25. The summed E-state index contributed by atoms with van der Waals surface area (Å²) in [6.07, 6.45) is 2.06. The van der Waals surface area contributed by atoms with Crippen molar-refractivity contribution in [1.29, 1.82) is 0 Å². The van der Waals surface area contributed by atoms with E-state index < -0.39 is 0 Å². The van der Waals surface area contributed by atoms with Crippen LogP contribution in [-0.2, 0) is 13.0 Å². The number of hydrogen-bond acceptors (Lipinski definition) is 3. The smallest absolute Gasteiger partial charge is 0.253 e. The maximum Gasteiger partial charge on any atom is 0.253 e. The zero-order valence-corrected chi connectivity index (χ0v) is 16.3. The summed E-state index contributed by atoms with van der Waals surface area (Å²) >= 11 is 0. The Balaban J connectivity index is 1.60. The molecule has 0 aliphatic carbocycles. The van der Waals surface area contributed by atoms with Crippen LogP contribution in [0.25, 0.3) is 5.69 Å². The van der Waals surface area contributed by atoms with Gasteiger partial charge >= 0.3 is 0 Å². The molecule has 1 atom stereocenters. The topological polar surface area (TPSA) is 64.7 Å². The molecule has 0 radical (unpaired) electrons. The van der Waals surface area contributed by atoms with Gasteiger partial charge in [0.1, 0.15) is 5.82 Å². The molecular weight excluding hydrogens is 338 g/mol. The Hall–Kier alpha value is -2.89. The van der Waals surface area contributed by atoms with E-state index in [1.54, 1.807) is 0 Å². The molecule has 1 aliphatic heterocycles. The van der Waals surface area contributed by atoms with E-state index in [0.717, 1.165) is 48.1 Å². The van der Waals surface area contributed by atoms with Gasteiger partial charge in [-0.15, -0.1) is 10.2 Å². The molecule has 0 saturated heterocycles. The van der Waals surface area contributed by atoms with Crippen molar-refractivity contribution in [3.05, 3.63) is 64.5 Å². The van der Waals surface area contributed by atoms with E-state index in [-0.39, 0.29) is 11.9 Å². The lowest BCUT2D eigenvalue weighted by Crippen LogP contribution is -2.29. The number of carbonyl (C=O) groups excluding carboxylic acids is 1. The van der Waals surface area contributed by atoms with E-state index in [1.165, 1.54) is 5.56 Å². The molecule has 3 heterocycles. The Morgan fingerprint density at radius 3 is 2.78 bits per heavy atom. The van der Waals surface area contributed by atoms with Crippen LogP contribution in [-0.4, -0.2) is 25.2 Å². The quantitative estimate of drug-likeness (QED) is 0.772. The largest absolute Gasteiger partial charge is 0.342 e. The summed E-state index contributed by atoms with van der Waals surface area (Å²) in [4.78, 5) is 13.0. The van der Waals surface area contributed by atoms with Crippen molar-refractivity contribution in [3.63, 3.8) is 0 Å². The van der Waals surface area contributed by atoms with Crippen LogP contribution >= 0.6 is 0 Å². The van der Waals surface area contributed by atoms with Gasteiger partial charge in [-0.3, -0.25) is 4.79 Å². The van der Waals surface area contributed by atoms with Crippen molar-refractivity contribution < 1.29 is 4.79 Å². The van der Waals surface area contributed by atoms with Crippen molar-refractivity contribution in [3.8, 4) is 5.69 Å². The van der Waals surface area contributed by atoms with Gasteiger partial charge < -0.3 is 14.5 Å². The van der Waals surface area contributed by atoms with Crippen LogP contribution < -0.4 is 5.32 Å². The normalized spacial score (nSPS) is 14.2. The Bertz CT molecular complexity index is 1010. The van der Waals surface area contributed by atoms with Crippen LogP contribution in [0.15, 0.2) is 30.3 Å². The van der Waals surface area contributed by atoms with Gasteiger partial charge in [0.25, 0.3) is 5.91 Å². The molecule has 6 nitrogen and oxygen atoms in total. The van der Waals surface area contributed by atoms with Gasteiger partial charge in [-0.1, -0.05) is 12.1 Å². The lowest BCUT2D eigenvalue weighted by atomic mass is 10.2. The van der Waals surface area contributed by atoms with E-state index in [9.17, 15) is 4.79 Å². The van der Waals surface area contributed by atoms with Crippen LogP contribution in [0.4, 0.5) is 0 Å². The first-order valence-electron chi connectivity index (χ1n) is 9.44. The van der Waals surface area contributed by atoms with Crippen LogP contribution in [0, 0.1) is 20.8 Å². The Labute approximate surface area is 159 Å².